The van der Waals surface area contributed by atoms with Gasteiger partial charge in [0.05, 0.1) is 18.2 Å². The van der Waals surface area contributed by atoms with E-state index in [1.165, 1.54) is 11.5 Å². The minimum Gasteiger partial charge on any atom is -0.480 e. The summed E-state index contributed by atoms with van der Waals surface area (Å²) in [6.07, 6.45) is 1.12. The number of aryl methyl sites for hydroxylation is 1. The van der Waals surface area contributed by atoms with Gasteiger partial charge in [0.15, 0.2) is 4.83 Å². The van der Waals surface area contributed by atoms with Crippen molar-refractivity contribution in [1.82, 2.24) is 19.7 Å². The first-order chi connectivity index (χ1) is 8.29. The topological polar surface area (TPSA) is 59.9 Å². The Bertz CT molecular complexity index is 548. The van der Waals surface area contributed by atoms with Crippen LogP contribution < -0.4 is 10.1 Å². The summed E-state index contributed by atoms with van der Waals surface area (Å²) in [7, 11) is 1.64. The van der Waals surface area contributed by atoms with E-state index in [0.29, 0.717) is 11.8 Å². The third kappa shape index (κ3) is 1.77. The molecule has 17 heavy (non-hydrogen) atoms. The van der Waals surface area contributed by atoms with Crippen LogP contribution in [0.5, 0.6) is 5.88 Å². The molecule has 0 bridgehead atoms. The number of hydrogen-bond donors (Lipinski definition) is 1. The Morgan fingerprint density at radius 1 is 1.41 bits per heavy atom. The van der Waals surface area contributed by atoms with Crippen LogP contribution >= 0.6 is 11.5 Å². The first-order valence-electron chi connectivity index (χ1n) is 5.68. The van der Waals surface area contributed by atoms with Gasteiger partial charge in [-0.1, -0.05) is 0 Å². The minimum absolute atomic E-state index is 0.449. The average molecular weight is 250 g/mol. The van der Waals surface area contributed by atoms with E-state index in [2.05, 4.69) is 19.7 Å². The molecule has 3 rings (SSSR count). The molecule has 0 saturated carbocycles. The van der Waals surface area contributed by atoms with Crippen molar-refractivity contribution in [2.75, 3.05) is 20.2 Å². The van der Waals surface area contributed by atoms with Gasteiger partial charge in [-0.3, -0.25) is 0 Å². The quantitative estimate of drug-likeness (QED) is 0.875. The Hall–Kier alpha value is -1.27. The molecule has 5 nitrogen and oxygen atoms in total. The number of fused-ring (bicyclic) bond motifs is 1. The Morgan fingerprint density at radius 3 is 3.00 bits per heavy atom. The molecule has 1 N–H and O–H groups in total. The van der Waals surface area contributed by atoms with Gasteiger partial charge in [0.25, 0.3) is 0 Å². The van der Waals surface area contributed by atoms with Gasteiger partial charge < -0.3 is 10.1 Å². The summed E-state index contributed by atoms with van der Waals surface area (Å²) in [5, 5.41) is 4.36. The number of ether oxygens (including phenoxy) is 1. The smallest absolute Gasteiger partial charge is 0.236 e. The molecule has 2 aromatic rings. The van der Waals surface area contributed by atoms with Crippen molar-refractivity contribution < 1.29 is 4.74 Å². The van der Waals surface area contributed by atoms with E-state index in [1.807, 2.05) is 6.92 Å². The third-order valence-electron chi connectivity index (χ3n) is 3.08. The second-order valence-electron chi connectivity index (χ2n) is 4.22. The summed E-state index contributed by atoms with van der Waals surface area (Å²) in [5.41, 5.74) is 1.09. The number of aromatic nitrogens is 3. The van der Waals surface area contributed by atoms with Crippen molar-refractivity contribution in [3.63, 3.8) is 0 Å². The fourth-order valence-corrected chi connectivity index (χ4v) is 3.08. The summed E-state index contributed by atoms with van der Waals surface area (Å²) in [5.74, 6) is 1.92. The summed E-state index contributed by atoms with van der Waals surface area (Å²) < 4.78 is 9.59. The molecule has 1 saturated heterocycles. The van der Waals surface area contributed by atoms with E-state index in [4.69, 9.17) is 4.74 Å². The summed E-state index contributed by atoms with van der Waals surface area (Å²) >= 11 is 1.38. The number of nitrogens with one attached hydrogen (secondary N) is 1. The van der Waals surface area contributed by atoms with Gasteiger partial charge in [-0.15, -0.1) is 0 Å². The maximum Gasteiger partial charge on any atom is 0.236 e. The largest absolute Gasteiger partial charge is 0.480 e. The van der Waals surface area contributed by atoms with E-state index in [-0.39, 0.29) is 0 Å². The highest BCUT2D eigenvalue weighted by Crippen LogP contribution is 2.34. The molecular weight excluding hydrogens is 236 g/mol. The van der Waals surface area contributed by atoms with Gasteiger partial charge in [0, 0.05) is 12.5 Å². The molecule has 1 aliphatic heterocycles. The van der Waals surface area contributed by atoms with Crippen LogP contribution in [0.15, 0.2) is 0 Å². The summed E-state index contributed by atoms with van der Waals surface area (Å²) in [4.78, 5) is 9.95. The van der Waals surface area contributed by atoms with Crippen LogP contribution in [0.3, 0.4) is 0 Å². The molecule has 1 fully saturated rings. The highest BCUT2D eigenvalue weighted by Gasteiger charge is 2.24. The van der Waals surface area contributed by atoms with Crippen molar-refractivity contribution in [3.8, 4) is 5.88 Å². The molecule has 2 aromatic heterocycles. The van der Waals surface area contributed by atoms with E-state index in [1.54, 1.807) is 7.11 Å². The lowest BCUT2D eigenvalue weighted by molar-refractivity contribution is 0.407. The normalized spacial score (nSPS) is 20.0. The zero-order chi connectivity index (χ0) is 11.8. The Balaban J connectivity index is 2.22. The zero-order valence-corrected chi connectivity index (χ0v) is 10.7. The van der Waals surface area contributed by atoms with Gasteiger partial charge in [-0.05, 0) is 31.4 Å². The summed E-state index contributed by atoms with van der Waals surface area (Å²) in [6, 6.07) is 0. The van der Waals surface area contributed by atoms with Crippen LogP contribution in [0.25, 0.3) is 10.2 Å². The lowest BCUT2D eigenvalue weighted by Crippen LogP contribution is -2.10. The molecule has 0 radical (unpaired) electrons. The molecule has 0 amide bonds. The maximum absolute atomic E-state index is 5.31. The number of methoxy groups -OCH3 is 1. The molecule has 0 aliphatic carbocycles. The zero-order valence-electron chi connectivity index (χ0n) is 9.86. The van der Waals surface area contributed by atoms with Crippen LogP contribution in [0.4, 0.5) is 0 Å². The van der Waals surface area contributed by atoms with Crippen LogP contribution in [0.1, 0.15) is 23.9 Å². The maximum atomic E-state index is 5.31. The van der Waals surface area contributed by atoms with E-state index in [0.717, 1.165) is 41.2 Å². The second kappa shape index (κ2) is 4.19. The molecule has 1 aliphatic rings. The number of nitrogens with zero attached hydrogens (tertiary/aromatic N) is 3. The van der Waals surface area contributed by atoms with Gasteiger partial charge >= 0.3 is 0 Å². The standard InChI is InChI=1S/C11H14N4OS/c1-6-13-9(7-3-4-12-5-7)8-10(16-2)15-17-11(8)14-6/h7,12H,3-5H2,1-2H3. The average Bonchev–Trinajstić information content (AvgIpc) is 2.96. The molecule has 1 atom stereocenters. The second-order valence-corrected chi connectivity index (χ2v) is 4.97. The van der Waals surface area contributed by atoms with Crippen LogP contribution in [-0.4, -0.2) is 34.5 Å². The molecule has 0 aromatic carbocycles. The van der Waals surface area contributed by atoms with Crippen molar-refractivity contribution in [2.24, 2.45) is 0 Å². The number of rotatable bonds is 2. The Kier molecular flexibility index (Phi) is 2.68. The Labute approximate surface area is 103 Å². The molecule has 6 heteroatoms. The van der Waals surface area contributed by atoms with E-state index >= 15 is 0 Å². The van der Waals surface area contributed by atoms with Gasteiger partial charge in [0.1, 0.15) is 5.82 Å². The van der Waals surface area contributed by atoms with Crippen LogP contribution in [0.2, 0.25) is 0 Å². The van der Waals surface area contributed by atoms with Crippen molar-refractivity contribution in [2.45, 2.75) is 19.3 Å². The lowest BCUT2D eigenvalue weighted by Gasteiger charge is -2.10. The van der Waals surface area contributed by atoms with Gasteiger partial charge in [-0.2, -0.15) is 4.37 Å². The SMILES string of the molecule is COc1nsc2nc(C)nc(C3CCNC3)c12. The third-order valence-corrected chi connectivity index (χ3v) is 3.81. The van der Waals surface area contributed by atoms with Crippen LogP contribution in [0, 0.1) is 6.92 Å². The first kappa shape index (κ1) is 10.9. The lowest BCUT2D eigenvalue weighted by atomic mass is 10.0. The van der Waals surface area contributed by atoms with Gasteiger partial charge in [0.2, 0.25) is 5.88 Å². The highest BCUT2D eigenvalue weighted by molar-refractivity contribution is 7.13. The van der Waals surface area contributed by atoms with Crippen molar-refractivity contribution >= 4 is 21.7 Å². The Morgan fingerprint density at radius 2 is 2.29 bits per heavy atom. The molecule has 90 valence electrons. The molecule has 1 unspecified atom stereocenters. The van der Waals surface area contributed by atoms with Crippen LogP contribution in [-0.2, 0) is 0 Å². The minimum atomic E-state index is 0.449. The predicted octanol–water partition coefficient (Wildman–Crippen LogP) is 1.48. The fourth-order valence-electron chi connectivity index (χ4n) is 2.29. The fraction of sp³-hybridized carbons (Fsp3) is 0.545. The van der Waals surface area contributed by atoms with E-state index < -0.39 is 0 Å². The van der Waals surface area contributed by atoms with E-state index in [9.17, 15) is 0 Å². The molecule has 3 heterocycles. The molecular formula is C11H14N4OS. The highest BCUT2D eigenvalue weighted by atomic mass is 32.1. The van der Waals surface area contributed by atoms with Gasteiger partial charge in [-0.25, -0.2) is 9.97 Å². The molecule has 0 spiro atoms. The predicted molar refractivity (Wildman–Crippen MR) is 66.7 cm³/mol. The first-order valence-corrected chi connectivity index (χ1v) is 6.45. The monoisotopic (exact) mass is 250 g/mol. The van der Waals surface area contributed by atoms with Crippen molar-refractivity contribution in [1.29, 1.82) is 0 Å². The summed E-state index contributed by atoms with van der Waals surface area (Å²) in [6.45, 7) is 3.96. The number of hydrogen-bond acceptors (Lipinski definition) is 6. The van der Waals surface area contributed by atoms with Crippen molar-refractivity contribution in [3.05, 3.63) is 11.5 Å².